The van der Waals surface area contributed by atoms with Gasteiger partial charge in [0.25, 0.3) is 5.91 Å². The third-order valence-corrected chi connectivity index (χ3v) is 3.53. The quantitative estimate of drug-likeness (QED) is 0.918. The molecule has 1 amide bonds. The zero-order valence-corrected chi connectivity index (χ0v) is 12.6. The third kappa shape index (κ3) is 4.23. The van der Waals surface area contributed by atoms with Crippen LogP contribution >= 0.6 is 0 Å². The van der Waals surface area contributed by atoms with Gasteiger partial charge >= 0.3 is 0 Å². The van der Waals surface area contributed by atoms with Crippen LogP contribution in [0.5, 0.6) is 5.75 Å². The highest BCUT2D eigenvalue weighted by Gasteiger charge is 2.26. The summed E-state index contributed by atoms with van der Waals surface area (Å²) in [5.74, 6) is 0.804. The highest BCUT2D eigenvalue weighted by Crippen LogP contribution is 2.13. The van der Waals surface area contributed by atoms with Crippen molar-refractivity contribution >= 4 is 5.91 Å². The molecule has 1 aromatic rings. The van der Waals surface area contributed by atoms with Crippen LogP contribution in [0.3, 0.4) is 0 Å². The predicted octanol–water partition coefficient (Wildman–Crippen LogP) is 1.97. The summed E-state index contributed by atoms with van der Waals surface area (Å²) in [5, 5.41) is 3.45. The molecule has 1 aromatic carbocycles. The van der Waals surface area contributed by atoms with Gasteiger partial charge in [-0.05, 0) is 45.9 Å². The van der Waals surface area contributed by atoms with Crippen LogP contribution in [-0.2, 0) is 4.79 Å². The lowest BCUT2D eigenvalue weighted by molar-refractivity contribution is -0.133. The van der Waals surface area contributed by atoms with Gasteiger partial charge in [0.2, 0.25) is 0 Å². The largest absolute Gasteiger partial charge is 0.484 e. The maximum absolute atomic E-state index is 12.3. The molecule has 1 N–H and O–H groups in total. The second-order valence-corrected chi connectivity index (χ2v) is 6.08. The molecular formula is C16H24N2O2. The molecule has 0 radical (unpaired) electrons. The number of nitrogens with zero attached hydrogens (tertiary/aromatic N) is 1. The van der Waals surface area contributed by atoms with Gasteiger partial charge in [-0.25, -0.2) is 0 Å². The van der Waals surface area contributed by atoms with Crippen LogP contribution < -0.4 is 10.1 Å². The van der Waals surface area contributed by atoms with Gasteiger partial charge in [0.05, 0.1) is 0 Å². The lowest BCUT2D eigenvalue weighted by atomic mass is 10.1. The third-order valence-electron chi connectivity index (χ3n) is 3.53. The minimum absolute atomic E-state index is 0.0317. The van der Waals surface area contributed by atoms with Crippen molar-refractivity contribution < 1.29 is 9.53 Å². The molecule has 1 heterocycles. The van der Waals surface area contributed by atoms with E-state index in [9.17, 15) is 4.79 Å². The first-order chi connectivity index (χ1) is 9.46. The highest BCUT2D eigenvalue weighted by molar-refractivity contribution is 5.78. The molecule has 0 saturated carbocycles. The first kappa shape index (κ1) is 14.9. The number of hydrogen-bond acceptors (Lipinski definition) is 3. The monoisotopic (exact) mass is 276 g/mol. The Labute approximate surface area is 121 Å². The fraction of sp³-hybridized carbons (Fsp3) is 0.562. The summed E-state index contributed by atoms with van der Waals surface area (Å²) in [6, 6.07) is 7.77. The number of hydrogen-bond donors (Lipinski definition) is 1. The average molecular weight is 276 g/mol. The van der Waals surface area contributed by atoms with Crippen molar-refractivity contribution in [2.75, 3.05) is 26.2 Å². The smallest absolute Gasteiger partial charge is 0.260 e. The van der Waals surface area contributed by atoms with Crippen molar-refractivity contribution in [3.63, 3.8) is 0 Å². The molecule has 20 heavy (non-hydrogen) atoms. The molecule has 2 rings (SSSR count). The number of aryl methyl sites for hydroxylation is 1. The van der Waals surface area contributed by atoms with Gasteiger partial charge in [0.1, 0.15) is 5.75 Å². The predicted molar refractivity (Wildman–Crippen MR) is 80.0 cm³/mol. The van der Waals surface area contributed by atoms with Crippen LogP contribution in [0, 0.1) is 6.92 Å². The van der Waals surface area contributed by atoms with Gasteiger partial charge in [-0.2, -0.15) is 0 Å². The van der Waals surface area contributed by atoms with Gasteiger partial charge in [-0.3, -0.25) is 4.79 Å². The fourth-order valence-corrected chi connectivity index (χ4v) is 2.39. The summed E-state index contributed by atoms with van der Waals surface area (Å²) in [7, 11) is 0. The number of carbonyl (C=O) groups is 1. The van der Waals surface area contributed by atoms with E-state index in [0.29, 0.717) is 0 Å². The second-order valence-electron chi connectivity index (χ2n) is 6.08. The SMILES string of the molecule is Cc1ccc(OCC(=O)N2CCCNC(C)(C)C2)cc1. The summed E-state index contributed by atoms with van der Waals surface area (Å²) in [5.41, 5.74) is 1.15. The molecule has 1 fully saturated rings. The van der Waals surface area contributed by atoms with Crippen molar-refractivity contribution in [1.82, 2.24) is 10.2 Å². The fourth-order valence-electron chi connectivity index (χ4n) is 2.39. The van der Waals surface area contributed by atoms with E-state index in [-0.39, 0.29) is 18.1 Å². The number of amides is 1. The lowest BCUT2D eigenvalue weighted by Crippen LogP contribution is -2.48. The van der Waals surface area contributed by atoms with Gasteiger partial charge in [-0.15, -0.1) is 0 Å². The van der Waals surface area contributed by atoms with Crippen LogP contribution in [0.1, 0.15) is 25.8 Å². The summed E-state index contributed by atoms with van der Waals surface area (Å²) in [4.78, 5) is 14.1. The van der Waals surface area contributed by atoms with Gasteiger partial charge in [-0.1, -0.05) is 17.7 Å². The lowest BCUT2D eigenvalue weighted by Gasteiger charge is -2.30. The number of benzene rings is 1. The zero-order valence-electron chi connectivity index (χ0n) is 12.6. The van der Waals surface area contributed by atoms with E-state index in [4.69, 9.17) is 4.74 Å². The normalized spacial score (nSPS) is 18.4. The maximum Gasteiger partial charge on any atom is 0.260 e. The Hall–Kier alpha value is -1.55. The number of ether oxygens (including phenoxy) is 1. The molecule has 0 atom stereocenters. The molecule has 110 valence electrons. The van der Waals surface area contributed by atoms with Gasteiger partial charge < -0.3 is 15.0 Å². The molecule has 0 aliphatic carbocycles. The Morgan fingerprint density at radius 3 is 2.75 bits per heavy atom. The minimum Gasteiger partial charge on any atom is -0.484 e. The molecule has 0 unspecified atom stereocenters. The Bertz CT molecular complexity index is 454. The number of rotatable bonds is 3. The minimum atomic E-state index is -0.0317. The number of nitrogens with one attached hydrogen (secondary N) is 1. The van der Waals surface area contributed by atoms with Crippen LogP contribution in [0.15, 0.2) is 24.3 Å². The van der Waals surface area contributed by atoms with Crippen LogP contribution in [-0.4, -0.2) is 42.6 Å². The van der Waals surface area contributed by atoms with Crippen molar-refractivity contribution in [3.05, 3.63) is 29.8 Å². The molecular weight excluding hydrogens is 252 g/mol. The maximum atomic E-state index is 12.3. The van der Waals surface area contributed by atoms with Crippen molar-refractivity contribution in [2.24, 2.45) is 0 Å². The molecule has 0 aromatic heterocycles. The van der Waals surface area contributed by atoms with Crippen molar-refractivity contribution in [3.8, 4) is 5.75 Å². The number of carbonyl (C=O) groups excluding carboxylic acids is 1. The second kappa shape index (κ2) is 6.27. The van der Waals surface area contributed by atoms with Gasteiger partial charge in [0.15, 0.2) is 6.61 Å². The molecule has 4 nitrogen and oxygen atoms in total. The summed E-state index contributed by atoms with van der Waals surface area (Å²) >= 11 is 0. The molecule has 0 spiro atoms. The molecule has 1 saturated heterocycles. The first-order valence-corrected chi connectivity index (χ1v) is 7.19. The Balaban J connectivity index is 1.89. The van der Waals surface area contributed by atoms with E-state index in [1.54, 1.807) is 0 Å². The van der Waals surface area contributed by atoms with E-state index < -0.39 is 0 Å². The molecule has 1 aliphatic rings. The summed E-state index contributed by atoms with van der Waals surface area (Å²) in [6.45, 7) is 8.87. The van der Waals surface area contributed by atoms with Crippen LogP contribution in [0.4, 0.5) is 0 Å². The Morgan fingerprint density at radius 2 is 2.05 bits per heavy atom. The van der Waals surface area contributed by atoms with E-state index in [0.717, 1.165) is 31.8 Å². The molecule has 1 aliphatic heterocycles. The van der Waals surface area contributed by atoms with Crippen LogP contribution in [0.25, 0.3) is 0 Å². The Kier molecular flexibility index (Phi) is 4.65. The zero-order chi connectivity index (χ0) is 14.6. The van der Waals surface area contributed by atoms with Crippen molar-refractivity contribution in [2.45, 2.75) is 32.7 Å². The Morgan fingerprint density at radius 1 is 1.35 bits per heavy atom. The summed E-state index contributed by atoms with van der Waals surface area (Å²) in [6.07, 6.45) is 0.986. The standard InChI is InChI=1S/C16H24N2O2/c1-13-5-7-14(8-6-13)20-11-15(19)18-10-4-9-17-16(2,3)12-18/h5-8,17H,4,9-12H2,1-3H3. The van der Waals surface area contributed by atoms with E-state index in [2.05, 4.69) is 19.2 Å². The van der Waals surface area contributed by atoms with E-state index in [1.165, 1.54) is 5.56 Å². The molecule has 0 bridgehead atoms. The summed E-state index contributed by atoms with van der Waals surface area (Å²) < 4.78 is 5.57. The van der Waals surface area contributed by atoms with E-state index in [1.807, 2.05) is 36.1 Å². The van der Waals surface area contributed by atoms with Gasteiger partial charge in [0, 0.05) is 18.6 Å². The first-order valence-electron chi connectivity index (χ1n) is 7.19. The van der Waals surface area contributed by atoms with Crippen LogP contribution in [0.2, 0.25) is 0 Å². The molecule has 4 heteroatoms. The average Bonchev–Trinajstić information content (AvgIpc) is 2.58. The highest BCUT2D eigenvalue weighted by atomic mass is 16.5. The van der Waals surface area contributed by atoms with E-state index >= 15 is 0 Å². The van der Waals surface area contributed by atoms with Crippen molar-refractivity contribution in [1.29, 1.82) is 0 Å². The topological polar surface area (TPSA) is 41.6 Å².